The van der Waals surface area contributed by atoms with Gasteiger partial charge in [0.05, 0.1) is 0 Å². The summed E-state index contributed by atoms with van der Waals surface area (Å²) in [6.45, 7) is 0.0156. The fourth-order valence-corrected chi connectivity index (χ4v) is 4.80. The van der Waals surface area contributed by atoms with Crippen LogP contribution in [0.1, 0.15) is 28.7 Å². The summed E-state index contributed by atoms with van der Waals surface area (Å²) in [5, 5.41) is 23.6. The first-order chi connectivity index (χ1) is 14.9. The third-order valence-corrected chi connectivity index (χ3v) is 6.07. The molecular formula is C24H21BrClNO4. The molecule has 5 nitrogen and oxygen atoms in total. The van der Waals surface area contributed by atoms with Crippen LogP contribution in [0.25, 0.3) is 11.1 Å². The minimum atomic E-state index is -1.22. The predicted octanol–water partition coefficient (Wildman–Crippen LogP) is 5.04. The molecule has 0 heterocycles. The Kier molecular flexibility index (Phi) is 6.62. The van der Waals surface area contributed by atoms with Gasteiger partial charge in [0.15, 0.2) is 0 Å². The Labute approximate surface area is 193 Å². The summed E-state index contributed by atoms with van der Waals surface area (Å²) < 4.78 is 6.13. The molecular weight excluding hydrogens is 482 g/mol. The van der Waals surface area contributed by atoms with Crippen LogP contribution in [-0.2, 0) is 4.74 Å². The molecule has 3 aromatic rings. The number of carbonyl (C=O) groups excluding carboxylic acids is 1. The monoisotopic (exact) mass is 501 g/mol. The Hall–Kier alpha value is -2.38. The summed E-state index contributed by atoms with van der Waals surface area (Å²) in [7, 11) is 0. The zero-order valence-corrected chi connectivity index (χ0v) is 18.8. The summed E-state index contributed by atoms with van der Waals surface area (Å²) in [5.41, 5.74) is 5.00. The van der Waals surface area contributed by atoms with Gasteiger partial charge in [-0.3, -0.25) is 0 Å². The predicted molar refractivity (Wildman–Crippen MR) is 123 cm³/mol. The van der Waals surface area contributed by atoms with Crippen LogP contribution in [-0.4, -0.2) is 35.6 Å². The molecule has 31 heavy (non-hydrogen) atoms. The number of halogens is 2. The van der Waals surface area contributed by atoms with E-state index in [0.29, 0.717) is 15.1 Å². The Bertz CT molecular complexity index is 1040. The van der Waals surface area contributed by atoms with Crippen LogP contribution < -0.4 is 5.32 Å². The number of ether oxygens (including phenoxy) is 1. The standard InChI is InChI=1S/C24H21BrClNO4/c25-15-9-14(10-16(26)11-15)23(29)22(28)12-27-24(30)31-13-21-19-7-3-1-5-17(19)18-6-2-4-8-20(18)21/h1-11,21-23,28-29H,12-13H2,(H,27,30). The highest BCUT2D eigenvalue weighted by Gasteiger charge is 2.29. The molecule has 0 aliphatic heterocycles. The first-order valence-corrected chi connectivity index (χ1v) is 11.0. The SMILES string of the molecule is O=C(NCC(O)C(O)c1cc(Cl)cc(Br)c1)OCC1c2ccccc2-c2ccccc21. The maximum absolute atomic E-state index is 12.2. The fraction of sp³-hybridized carbons (Fsp3) is 0.208. The minimum absolute atomic E-state index is 0.0440. The molecule has 7 heteroatoms. The molecule has 0 saturated heterocycles. The zero-order chi connectivity index (χ0) is 22.0. The number of rotatable bonds is 6. The number of aliphatic hydroxyl groups is 2. The van der Waals surface area contributed by atoms with E-state index in [4.69, 9.17) is 16.3 Å². The summed E-state index contributed by atoms with van der Waals surface area (Å²) in [6, 6.07) is 21.1. The van der Waals surface area contributed by atoms with Crippen molar-refractivity contribution in [1.82, 2.24) is 5.32 Å². The molecule has 3 N–H and O–H groups in total. The van der Waals surface area contributed by atoms with Crippen LogP contribution in [0.2, 0.25) is 5.02 Å². The number of aliphatic hydroxyl groups excluding tert-OH is 2. The van der Waals surface area contributed by atoms with E-state index in [0.717, 1.165) is 22.3 Å². The molecule has 0 fully saturated rings. The Morgan fingerprint density at radius 3 is 2.26 bits per heavy atom. The summed E-state index contributed by atoms with van der Waals surface area (Å²) >= 11 is 9.29. The van der Waals surface area contributed by atoms with E-state index in [1.165, 1.54) is 0 Å². The van der Waals surface area contributed by atoms with Gasteiger partial charge >= 0.3 is 6.09 Å². The van der Waals surface area contributed by atoms with Crippen LogP contribution in [0.3, 0.4) is 0 Å². The molecule has 0 spiro atoms. The fourth-order valence-electron chi connectivity index (χ4n) is 3.92. The molecule has 1 aliphatic rings. The maximum Gasteiger partial charge on any atom is 0.407 e. The van der Waals surface area contributed by atoms with Gasteiger partial charge in [-0.05, 0) is 46.0 Å². The lowest BCUT2D eigenvalue weighted by Gasteiger charge is -2.20. The van der Waals surface area contributed by atoms with E-state index < -0.39 is 18.3 Å². The number of carbonyl (C=O) groups is 1. The van der Waals surface area contributed by atoms with Gasteiger partial charge in [0.25, 0.3) is 0 Å². The second-order valence-electron chi connectivity index (χ2n) is 7.42. The molecule has 0 bridgehead atoms. The van der Waals surface area contributed by atoms with Crippen LogP contribution in [0.15, 0.2) is 71.2 Å². The molecule has 1 aliphatic carbocycles. The topological polar surface area (TPSA) is 78.8 Å². The van der Waals surface area contributed by atoms with Crippen molar-refractivity contribution in [2.45, 2.75) is 18.1 Å². The maximum atomic E-state index is 12.2. The number of benzene rings is 3. The molecule has 160 valence electrons. The zero-order valence-electron chi connectivity index (χ0n) is 16.5. The highest BCUT2D eigenvalue weighted by molar-refractivity contribution is 9.10. The molecule has 0 aromatic heterocycles. The smallest absolute Gasteiger partial charge is 0.407 e. The summed E-state index contributed by atoms with van der Waals surface area (Å²) in [5.74, 6) is -0.0440. The van der Waals surface area contributed by atoms with Gasteiger partial charge in [-0.1, -0.05) is 76.1 Å². The van der Waals surface area contributed by atoms with Gasteiger partial charge in [-0.15, -0.1) is 0 Å². The van der Waals surface area contributed by atoms with Crippen LogP contribution in [0.4, 0.5) is 4.79 Å². The lowest BCUT2D eigenvalue weighted by atomic mass is 9.98. The Morgan fingerprint density at radius 2 is 1.65 bits per heavy atom. The van der Waals surface area contributed by atoms with Crippen LogP contribution in [0, 0.1) is 0 Å². The van der Waals surface area contributed by atoms with Crippen molar-refractivity contribution in [3.8, 4) is 11.1 Å². The van der Waals surface area contributed by atoms with Crippen molar-refractivity contribution in [3.63, 3.8) is 0 Å². The van der Waals surface area contributed by atoms with Gasteiger partial charge in [0, 0.05) is 22.0 Å². The van der Waals surface area contributed by atoms with Gasteiger partial charge in [-0.25, -0.2) is 4.79 Å². The van der Waals surface area contributed by atoms with E-state index >= 15 is 0 Å². The van der Waals surface area contributed by atoms with E-state index in [2.05, 4.69) is 33.4 Å². The normalized spacial score (nSPS) is 14.5. The quantitative estimate of drug-likeness (QED) is 0.441. The van der Waals surface area contributed by atoms with Crippen molar-refractivity contribution in [3.05, 3.63) is 92.9 Å². The third kappa shape index (κ3) is 4.77. The van der Waals surface area contributed by atoms with Crippen molar-refractivity contribution >= 4 is 33.6 Å². The first kappa shape index (κ1) is 21.8. The molecule has 4 rings (SSSR count). The van der Waals surface area contributed by atoms with Crippen LogP contribution in [0.5, 0.6) is 0 Å². The van der Waals surface area contributed by atoms with Gasteiger partial charge in [0.2, 0.25) is 0 Å². The lowest BCUT2D eigenvalue weighted by Crippen LogP contribution is -2.36. The van der Waals surface area contributed by atoms with Gasteiger partial charge in [-0.2, -0.15) is 0 Å². The average molecular weight is 503 g/mol. The largest absolute Gasteiger partial charge is 0.449 e. The van der Waals surface area contributed by atoms with Gasteiger partial charge < -0.3 is 20.3 Å². The molecule has 0 radical (unpaired) electrons. The number of fused-ring (bicyclic) bond motifs is 3. The van der Waals surface area contributed by atoms with Crippen molar-refractivity contribution in [1.29, 1.82) is 0 Å². The summed E-state index contributed by atoms with van der Waals surface area (Å²) in [6.07, 6.45) is -3.07. The highest BCUT2D eigenvalue weighted by atomic mass is 79.9. The van der Waals surface area contributed by atoms with E-state index in [1.54, 1.807) is 18.2 Å². The number of hydrogen-bond acceptors (Lipinski definition) is 4. The molecule has 1 amide bonds. The van der Waals surface area contributed by atoms with Crippen molar-refractivity contribution < 1.29 is 19.7 Å². The average Bonchev–Trinajstić information content (AvgIpc) is 3.08. The van der Waals surface area contributed by atoms with E-state index in [1.807, 2.05) is 36.4 Å². The van der Waals surface area contributed by atoms with Crippen molar-refractivity contribution in [2.24, 2.45) is 0 Å². The van der Waals surface area contributed by atoms with Gasteiger partial charge in [0.1, 0.15) is 18.8 Å². The number of alkyl carbamates (subject to hydrolysis) is 1. The third-order valence-electron chi connectivity index (χ3n) is 5.39. The van der Waals surface area contributed by atoms with Crippen LogP contribution >= 0.6 is 27.5 Å². The van der Waals surface area contributed by atoms with E-state index in [-0.39, 0.29) is 19.1 Å². The Morgan fingerprint density at radius 1 is 1.03 bits per heavy atom. The molecule has 2 atom stereocenters. The second kappa shape index (κ2) is 9.40. The second-order valence-corrected chi connectivity index (χ2v) is 8.77. The van der Waals surface area contributed by atoms with E-state index in [9.17, 15) is 15.0 Å². The molecule has 2 unspecified atom stereocenters. The number of nitrogens with one attached hydrogen (secondary N) is 1. The number of hydrogen-bond donors (Lipinski definition) is 3. The molecule has 3 aromatic carbocycles. The lowest BCUT2D eigenvalue weighted by molar-refractivity contribution is 0.0185. The molecule has 0 saturated carbocycles. The summed E-state index contributed by atoms with van der Waals surface area (Å²) in [4.78, 5) is 12.2. The highest BCUT2D eigenvalue weighted by Crippen LogP contribution is 2.44. The Balaban J connectivity index is 1.35. The number of amides is 1. The minimum Gasteiger partial charge on any atom is -0.449 e. The van der Waals surface area contributed by atoms with Crippen molar-refractivity contribution in [2.75, 3.05) is 13.2 Å². The first-order valence-electron chi connectivity index (χ1n) is 9.85.